The lowest BCUT2D eigenvalue weighted by molar-refractivity contribution is -0.137. The van der Waals surface area contributed by atoms with Gasteiger partial charge < -0.3 is 10.1 Å². The van der Waals surface area contributed by atoms with Crippen molar-refractivity contribution in [2.75, 3.05) is 30.3 Å². The average molecular weight is 465 g/mol. The van der Waals surface area contributed by atoms with Gasteiger partial charge in [0, 0.05) is 0 Å². The van der Waals surface area contributed by atoms with E-state index in [1.54, 1.807) is 6.07 Å². The molecule has 0 spiro atoms. The number of halogens is 4. The molecule has 30 heavy (non-hydrogen) atoms. The summed E-state index contributed by atoms with van der Waals surface area (Å²) in [6.45, 7) is 1.42. The van der Waals surface area contributed by atoms with Crippen molar-refractivity contribution in [1.82, 2.24) is 5.32 Å². The number of carbonyl (C=O) groups is 1. The molecule has 2 rings (SSSR count). The van der Waals surface area contributed by atoms with Gasteiger partial charge in [-0.05, 0) is 42.8 Å². The normalized spacial score (nSPS) is 11.8. The van der Waals surface area contributed by atoms with Crippen LogP contribution in [0.4, 0.5) is 18.9 Å². The van der Waals surface area contributed by atoms with Crippen LogP contribution in [0.5, 0.6) is 5.75 Å². The van der Waals surface area contributed by atoms with Crippen LogP contribution in [-0.4, -0.2) is 40.3 Å². The number of nitrogens with one attached hydrogen (secondary N) is 1. The molecule has 6 nitrogen and oxygen atoms in total. The Labute approximate surface area is 177 Å². The number of carbonyl (C=O) groups excluding carboxylic acids is 1. The van der Waals surface area contributed by atoms with Crippen LogP contribution in [0.2, 0.25) is 5.02 Å². The number of sulfonamides is 1. The number of anilines is 1. The second-order valence-corrected chi connectivity index (χ2v) is 8.76. The summed E-state index contributed by atoms with van der Waals surface area (Å²) in [5.74, 6) is -0.0837. The van der Waals surface area contributed by atoms with Gasteiger partial charge in [-0.3, -0.25) is 9.10 Å². The standard InChI is InChI=1S/C19H20ClF3N2O4S/c1-13-4-3-5-15(10-13)29-9-8-24-18(26)12-25(30(2,27)28)14-6-7-17(20)16(11-14)19(21,22)23/h3-7,10-11H,8-9,12H2,1-2H3,(H,24,26). The van der Waals surface area contributed by atoms with E-state index in [2.05, 4.69) is 5.32 Å². The number of benzene rings is 2. The van der Waals surface area contributed by atoms with Gasteiger partial charge in [-0.2, -0.15) is 13.2 Å². The molecule has 0 aliphatic heterocycles. The first-order valence-corrected chi connectivity index (χ1v) is 10.9. The van der Waals surface area contributed by atoms with Gasteiger partial charge in [-0.25, -0.2) is 8.42 Å². The molecule has 1 amide bonds. The third-order valence-electron chi connectivity index (χ3n) is 3.91. The highest BCUT2D eigenvalue weighted by Crippen LogP contribution is 2.37. The molecule has 0 saturated carbocycles. The largest absolute Gasteiger partial charge is 0.492 e. The van der Waals surface area contributed by atoms with Crippen molar-refractivity contribution in [3.05, 3.63) is 58.6 Å². The van der Waals surface area contributed by atoms with E-state index in [1.807, 2.05) is 25.1 Å². The van der Waals surface area contributed by atoms with Crippen molar-refractivity contribution in [2.24, 2.45) is 0 Å². The minimum atomic E-state index is -4.77. The molecule has 1 N–H and O–H groups in total. The highest BCUT2D eigenvalue weighted by atomic mass is 35.5. The van der Waals surface area contributed by atoms with E-state index < -0.39 is 39.2 Å². The van der Waals surface area contributed by atoms with Crippen LogP contribution in [-0.2, 0) is 21.0 Å². The first-order chi connectivity index (χ1) is 13.9. The molecule has 0 aromatic heterocycles. The van der Waals surface area contributed by atoms with E-state index in [-0.39, 0.29) is 18.8 Å². The molecule has 0 fully saturated rings. The van der Waals surface area contributed by atoms with Crippen molar-refractivity contribution in [3.63, 3.8) is 0 Å². The van der Waals surface area contributed by atoms with E-state index >= 15 is 0 Å². The Morgan fingerprint density at radius 3 is 2.50 bits per heavy atom. The summed E-state index contributed by atoms with van der Waals surface area (Å²) in [7, 11) is -4.04. The lowest BCUT2D eigenvalue weighted by Gasteiger charge is -2.23. The average Bonchev–Trinajstić information content (AvgIpc) is 2.62. The highest BCUT2D eigenvalue weighted by molar-refractivity contribution is 7.92. The smallest absolute Gasteiger partial charge is 0.417 e. The van der Waals surface area contributed by atoms with Gasteiger partial charge in [0.15, 0.2) is 0 Å². The number of hydrogen-bond acceptors (Lipinski definition) is 4. The quantitative estimate of drug-likeness (QED) is 0.605. The summed E-state index contributed by atoms with van der Waals surface area (Å²) in [5, 5.41) is 1.91. The van der Waals surface area contributed by atoms with E-state index in [4.69, 9.17) is 16.3 Å². The van der Waals surface area contributed by atoms with Crippen LogP contribution in [0.15, 0.2) is 42.5 Å². The lowest BCUT2D eigenvalue weighted by atomic mass is 10.2. The monoisotopic (exact) mass is 464 g/mol. The van der Waals surface area contributed by atoms with E-state index in [0.717, 1.165) is 24.0 Å². The zero-order valence-corrected chi connectivity index (χ0v) is 17.7. The second kappa shape index (κ2) is 9.57. The summed E-state index contributed by atoms with van der Waals surface area (Å²) >= 11 is 5.57. The molecule has 0 heterocycles. The Morgan fingerprint density at radius 1 is 1.20 bits per heavy atom. The Balaban J connectivity index is 2.04. The molecular formula is C19H20ClF3N2O4S. The molecule has 0 aliphatic carbocycles. The predicted octanol–water partition coefficient (Wildman–Crippen LogP) is 3.63. The van der Waals surface area contributed by atoms with Crippen molar-refractivity contribution < 1.29 is 31.1 Å². The summed E-state index contributed by atoms with van der Waals surface area (Å²) in [4.78, 5) is 12.2. The van der Waals surface area contributed by atoms with Crippen LogP contribution in [0.25, 0.3) is 0 Å². The fourth-order valence-corrected chi connectivity index (χ4v) is 3.61. The van der Waals surface area contributed by atoms with Crippen molar-refractivity contribution in [1.29, 1.82) is 0 Å². The molecule has 2 aromatic rings. The highest BCUT2D eigenvalue weighted by Gasteiger charge is 2.34. The molecular weight excluding hydrogens is 445 g/mol. The third kappa shape index (κ3) is 6.81. The topological polar surface area (TPSA) is 75.7 Å². The van der Waals surface area contributed by atoms with Crippen molar-refractivity contribution in [2.45, 2.75) is 13.1 Å². The molecule has 0 bridgehead atoms. The minimum Gasteiger partial charge on any atom is -0.492 e. The fraction of sp³-hybridized carbons (Fsp3) is 0.316. The number of alkyl halides is 3. The van der Waals surface area contributed by atoms with Gasteiger partial charge in [0.1, 0.15) is 18.9 Å². The molecule has 0 aliphatic rings. The van der Waals surface area contributed by atoms with E-state index in [9.17, 15) is 26.4 Å². The maximum absolute atomic E-state index is 13.1. The molecule has 164 valence electrons. The minimum absolute atomic E-state index is 0.0821. The molecule has 0 atom stereocenters. The Hall–Kier alpha value is -2.46. The zero-order chi connectivity index (χ0) is 22.5. The molecule has 2 aromatic carbocycles. The first-order valence-electron chi connectivity index (χ1n) is 8.68. The molecule has 0 saturated heterocycles. The predicted molar refractivity (Wildman–Crippen MR) is 108 cm³/mol. The van der Waals surface area contributed by atoms with Gasteiger partial charge in [0.25, 0.3) is 0 Å². The molecule has 11 heteroatoms. The number of nitrogens with zero attached hydrogens (tertiary/aromatic N) is 1. The van der Waals surface area contributed by atoms with Crippen LogP contribution in [0.1, 0.15) is 11.1 Å². The maximum atomic E-state index is 13.1. The summed E-state index contributed by atoms with van der Waals surface area (Å²) < 4.78 is 69.4. The number of amides is 1. The van der Waals surface area contributed by atoms with E-state index in [1.165, 1.54) is 0 Å². The van der Waals surface area contributed by atoms with E-state index in [0.29, 0.717) is 16.1 Å². The van der Waals surface area contributed by atoms with Crippen LogP contribution >= 0.6 is 11.6 Å². The van der Waals surface area contributed by atoms with Gasteiger partial charge in [-0.1, -0.05) is 23.7 Å². The first kappa shape index (κ1) is 23.8. The summed E-state index contributed by atoms with van der Waals surface area (Å²) in [6.07, 6.45) is -3.98. The maximum Gasteiger partial charge on any atom is 0.417 e. The number of ether oxygens (including phenoxy) is 1. The van der Waals surface area contributed by atoms with Crippen LogP contribution < -0.4 is 14.4 Å². The Morgan fingerprint density at radius 2 is 1.90 bits per heavy atom. The van der Waals surface area contributed by atoms with Gasteiger partial charge >= 0.3 is 6.18 Å². The van der Waals surface area contributed by atoms with Gasteiger partial charge in [0.05, 0.1) is 29.1 Å². The number of rotatable bonds is 8. The molecule has 0 unspecified atom stereocenters. The second-order valence-electron chi connectivity index (χ2n) is 6.45. The Bertz CT molecular complexity index is 1010. The Kier molecular flexibility index (Phi) is 7.59. The zero-order valence-electron chi connectivity index (χ0n) is 16.2. The van der Waals surface area contributed by atoms with Gasteiger partial charge in [-0.15, -0.1) is 0 Å². The fourth-order valence-electron chi connectivity index (χ4n) is 2.54. The van der Waals surface area contributed by atoms with Crippen LogP contribution in [0, 0.1) is 6.92 Å². The number of hydrogen-bond donors (Lipinski definition) is 1. The van der Waals surface area contributed by atoms with Gasteiger partial charge in [0.2, 0.25) is 15.9 Å². The van der Waals surface area contributed by atoms with Crippen LogP contribution in [0.3, 0.4) is 0 Å². The third-order valence-corrected chi connectivity index (χ3v) is 5.38. The summed E-state index contributed by atoms with van der Waals surface area (Å²) in [5.41, 5.74) is -0.510. The lowest BCUT2D eigenvalue weighted by Crippen LogP contribution is -2.41. The SMILES string of the molecule is Cc1cccc(OCCNC(=O)CN(c2ccc(Cl)c(C(F)(F)F)c2)S(C)(=O)=O)c1. The van der Waals surface area contributed by atoms with Crippen molar-refractivity contribution >= 4 is 33.2 Å². The number of aryl methyl sites for hydroxylation is 1. The van der Waals surface area contributed by atoms with Crippen molar-refractivity contribution in [3.8, 4) is 5.75 Å². The summed E-state index contributed by atoms with van der Waals surface area (Å²) in [6, 6.07) is 9.91. The molecule has 0 radical (unpaired) electrons.